The third-order valence-electron chi connectivity index (χ3n) is 6.64. The minimum atomic E-state index is -0.563. The van der Waals surface area contributed by atoms with E-state index in [4.69, 9.17) is 18.8 Å². The molecule has 0 atom stereocenters. The van der Waals surface area contributed by atoms with Gasteiger partial charge in [0.2, 0.25) is 0 Å². The topological polar surface area (TPSA) is 54.0 Å². The number of carbonyl (C=O) groups excluding carboxylic acids is 1. The summed E-state index contributed by atoms with van der Waals surface area (Å²) >= 11 is 0. The van der Waals surface area contributed by atoms with E-state index in [-0.39, 0.29) is 6.61 Å². The Bertz CT molecular complexity index is 1200. The molecule has 35 heavy (non-hydrogen) atoms. The molecule has 184 valence electrons. The van der Waals surface area contributed by atoms with Crippen LogP contribution in [-0.2, 0) is 25.3 Å². The first kappa shape index (κ1) is 25.3. The fourth-order valence-corrected chi connectivity index (χ4v) is 4.16. The van der Waals surface area contributed by atoms with Crippen LogP contribution in [0.2, 0.25) is 0 Å². The van der Waals surface area contributed by atoms with Crippen molar-refractivity contribution in [2.24, 2.45) is 0 Å². The monoisotopic (exact) mass is 474 g/mol. The summed E-state index contributed by atoms with van der Waals surface area (Å²) < 4.78 is 24.0. The first-order valence-corrected chi connectivity index (χ1v) is 12.1. The fraction of sp³-hybridized carbons (Fsp3) is 0.414. The van der Waals surface area contributed by atoms with Gasteiger partial charge in [-0.25, -0.2) is 4.79 Å². The van der Waals surface area contributed by atoms with Crippen molar-refractivity contribution >= 4 is 29.3 Å². The molecule has 1 fully saturated rings. The van der Waals surface area contributed by atoms with Crippen molar-refractivity contribution in [2.75, 3.05) is 6.61 Å². The summed E-state index contributed by atoms with van der Waals surface area (Å²) in [6, 6.07) is 20.5. The molecule has 0 spiro atoms. The van der Waals surface area contributed by atoms with Crippen LogP contribution in [-0.4, -0.2) is 36.5 Å². The van der Waals surface area contributed by atoms with Crippen molar-refractivity contribution in [2.45, 2.75) is 71.7 Å². The van der Waals surface area contributed by atoms with Gasteiger partial charge in [-0.05, 0) is 81.9 Å². The predicted molar refractivity (Wildman–Crippen MR) is 140 cm³/mol. The molecule has 3 aromatic rings. The molecule has 0 unspecified atom stereocenters. The normalized spacial score (nSPS) is 16.9. The lowest BCUT2D eigenvalue weighted by molar-refractivity contribution is -0.157. The number of hydrogen-bond donors (Lipinski definition) is 0. The number of esters is 1. The van der Waals surface area contributed by atoms with Crippen molar-refractivity contribution < 1.29 is 23.6 Å². The van der Waals surface area contributed by atoms with E-state index < -0.39 is 29.9 Å². The highest BCUT2D eigenvalue weighted by Gasteiger charge is 2.51. The predicted octanol–water partition coefficient (Wildman–Crippen LogP) is 5.45. The molecule has 0 aliphatic carbocycles. The molecule has 1 aliphatic rings. The van der Waals surface area contributed by atoms with Gasteiger partial charge in [-0.1, -0.05) is 54.6 Å². The highest BCUT2D eigenvalue weighted by molar-refractivity contribution is 6.62. The van der Waals surface area contributed by atoms with Gasteiger partial charge in [0.25, 0.3) is 0 Å². The van der Waals surface area contributed by atoms with Gasteiger partial charge in [0.15, 0.2) is 6.61 Å². The first-order valence-electron chi connectivity index (χ1n) is 12.1. The molecular formula is C29H35BO5. The molecule has 0 bridgehead atoms. The van der Waals surface area contributed by atoms with Gasteiger partial charge in [-0.2, -0.15) is 0 Å². The van der Waals surface area contributed by atoms with Crippen LogP contribution in [0.5, 0.6) is 5.75 Å². The summed E-state index contributed by atoms with van der Waals surface area (Å²) in [7, 11) is -0.480. The zero-order chi connectivity index (χ0) is 25.4. The standard InChI is InChI=1S/C29H35BO5/c1-27(2,3)33-26(31)19-32-25-16-15-23(30-34-28(4,5)29(6,7)35-30)18-22(25)17-21-13-10-12-20-11-8-9-14-24(20)21/h8-16,18H,17,19H2,1-7H3. The number of hydrogen-bond acceptors (Lipinski definition) is 5. The molecule has 3 aromatic carbocycles. The Balaban J connectivity index is 1.66. The minimum absolute atomic E-state index is 0.157. The lowest BCUT2D eigenvalue weighted by atomic mass is 9.77. The molecule has 5 nitrogen and oxygen atoms in total. The molecule has 1 heterocycles. The molecular weight excluding hydrogens is 439 g/mol. The second-order valence-corrected chi connectivity index (χ2v) is 11.1. The maximum Gasteiger partial charge on any atom is 0.494 e. The van der Waals surface area contributed by atoms with Gasteiger partial charge < -0.3 is 18.8 Å². The Morgan fingerprint density at radius 2 is 1.54 bits per heavy atom. The number of ether oxygens (including phenoxy) is 2. The molecule has 0 radical (unpaired) electrons. The largest absolute Gasteiger partial charge is 0.494 e. The van der Waals surface area contributed by atoms with Crippen molar-refractivity contribution in [1.29, 1.82) is 0 Å². The summed E-state index contributed by atoms with van der Waals surface area (Å²) in [6.45, 7) is 13.5. The number of fused-ring (bicyclic) bond motifs is 1. The average Bonchev–Trinajstić information content (AvgIpc) is 2.99. The van der Waals surface area contributed by atoms with Crippen LogP contribution in [0.4, 0.5) is 0 Å². The van der Waals surface area contributed by atoms with E-state index in [9.17, 15) is 4.79 Å². The summed E-state index contributed by atoms with van der Waals surface area (Å²) in [5.74, 6) is 0.243. The van der Waals surface area contributed by atoms with Crippen LogP contribution < -0.4 is 10.2 Å². The van der Waals surface area contributed by atoms with E-state index in [0.29, 0.717) is 12.2 Å². The summed E-state index contributed by atoms with van der Waals surface area (Å²) in [5, 5.41) is 2.37. The number of benzene rings is 3. The van der Waals surface area contributed by atoms with Crippen molar-refractivity contribution in [3.63, 3.8) is 0 Å². The molecule has 6 heteroatoms. The van der Waals surface area contributed by atoms with Crippen LogP contribution >= 0.6 is 0 Å². The molecule has 0 amide bonds. The average molecular weight is 474 g/mol. The smallest absolute Gasteiger partial charge is 0.482 e. The van der Waals surface area contributed by atoms with Gasteiger partial charge in [-0.3, -0.25) is 0 Å². The first-order chi connectivity index (χ1) is 16.3. The molecule has 0 saturated carbocycles. The van der Waals surface area contributed by atoms with E-state index in [1.54, 1.807) is 0 Å². The lowest BCUT2D eigenvalue weighted by Crippen LogP contribution is -2.41. The van der Waals surface area contributed by atoms with E-state index >= 15 is 0 Å². The summed E-state index contributed by atoms with van der Waals surface area (Å²) in [4.78, 5) is 12.3. The molecule has 0 N–H and O–H groups in total. The van der Waals surface area contributed by atoms with Gasteiger partial charge in [0.05, 0.1) is 11.2 Å². The Labute approximate surface area is 208 Å². The van der Waals surface area contributed by atoms with E-state index in [1.165, 1.54) is 16.3 Å². The van der Waals surface area contributed by atoms with Gasteiger partial charge in [0.1, 0.15) is 11.4 Å². The van der Waals surface area contributed by atoms with E-state index in [2.05, 4.69) is 36.4 Å². The lowest BCUT2D eigenvalue weighted by Gasteiger charge is -2.32. The Morgan fingerprint density at radius 1 is 0.886 bits per heavy atom. The van der Waals surface area contributed by atoms with Crippen LogP contribution in [0.25, 0.3) is 10.8 Å². The van der Waals surface area contributed by atoms with Crippen LogP contribution in [0, 0.1) is 0 Å². The van der Waals surface area contributed by atoms with Crippen molar-refractivity contribution in [3.8, 4) is 5.75 Å². The molecule has 4 rings (SSSR count). The third-order valence-corrected chi connectivity index (χ3v) is 6.64. The van der Waals surface area contributed by atoms with Gasteiger partial charge in [0, 0.05) is 6.42 Å². The second kappa shape index (κ2) is 9.32. The van der Waals surface area contributed by atoms with Crippen LogP contribution in [0.15, 0.2) is 60.7 Å². The Kier molecular flexibility index (Phi) is 6.73. The van der Waals surface area contributed by atoms with E-state index in [0.717, 1.165) is 11.0 Å². The Hall–Kier alpha value is -2.83. The summed E-state index contributed by atoms with van der Waals surface area (Å²) in [6.07, 6.45) is 0.637. The quantitative estimate of drug-likeness (QED) is 0.351. The van der Waals surface area contributed by atoms with Crippen molar-refractivity contribution in [1.82, 2.24) is 0 Å². The maximum absolute atomic E-state index is 12.3. The van der Waals surface area contributed by atoms with Gasteiger partial charge in [-0.15, -0.1) is 0 Å². The maximum atomic E-state index is 12.3. The van der Waals surface area contributed by atoms with Gasteiger partial charge >= 0.3 is 13.1 Å². The molecule has 0 aromatic heterocycles. The zero-order valence-corrected chi connectivity index (χ0v) is 21.8. The molecule has 1 saturated heterocycles. The third kappa shape index (κ3) is 5.71. The van der Waals surface area contributed by atoms with Crippen LogP contribution in [0.3, 0.4) is 0 Å². The highest BCUT2D eigenvalue weighted by Crippen LogP contribution is 2.37. The zero-order valence-electron chi connectivity index (χ0n) is 21.8. The van der Waals surface area contributed by atoms with Crippen LogP contribution in [0.1, 0.15) is 59.6 Å². The fourth-order valence-electron chi connectivity index (χ4n) is 4.16. The summed E-state index contributed by atoms with van der Waals surface area (Å²) in [5.41, 5.74) is 1.63. The Morgan fingerprint density at radius 3 is 2.23 bits per heavy atom. The highest BCUT2D eigenvalue weighted by atomic mass is 16.7. The second-order valence-electron chi connectivity index (χ2n) is 11.1. The SMILES string of the molecule is CC(C)(C)OC(=O)COc1ccc(B2OC(C)(C)C(C)(C)O2)cc1Cc1cccc2ccccc12. The minimum Gasteiger partial charge on any atom is -0.482 e. The van der Waals surface area contributed by atoms with E-state index in [1.807, 2.05) is 72.7 Å². The van der Waals surface area contributed by atoms with Crippen molar-refractivity contribution in [3.05, 3.63) is 71.8 Å². The molecule has 1 aliphatic heterocycles. The number of carbonyl (C=O) groups is 1. The number of rotatable bonds is 6.